The van der Waals surface area contributed by atoms with E-state index in [1.165, 1.54) is 0 Å². The maximum Gasteiger partial charge on any atom is 0.410 e. The van der Waals surface area contributed by atoms with Crippen molar-refractivity contribution in [3.05, 3.63) is 30.1 Å². The Kier molecular flexibility index (Phi) is 6.16. The molecule has 1 aliphatic rings. The van der Waals surface area contributed by atoms with Gasteiger partial charge in [-0.1, -0.05) is 6.07 Å². The maximum atomic E-state index is 12.3. The molecule has 1 saturated heterocycles. The Balaban J connectivity index is 1.74. The highest BCUT2D eigenvalue weighted by Crippen LogP contribution is 2.21. The molecule has 2 heterocycles. The number of piperidine rings is 1. The number of ether oxygens (including phenoxy) is 1. The fourth-order valence-corrected chi connectivity index (χ4v) is 4.12. The first-order valence-electron chi connectivity index (χ1n) is 8.05. The molecule has 0 aromatic carbocycles. The first-order chi connectivity index (χ1) is 10.8. The first kappa shape index (κ1) is 17.9. The van der Waals surface area contributed by atoms with E-state index >= 15 is 0 Å². The van der Waals surface area contributed by atoms with Gasteiger partial charge in [-0.25, -0.2) is 4.79 Å². The highest BCUT2D eigenvalue weighted by Gasteiger charge is 2.27. The molecule has 1 aliphatic heterocycles. The van der Waals surface area contributed by atoms with Crippen LogP contribution in [0.2, 0.25) is 0 Å². The van der Waals surface area contributed by atoms with Crippen molar-refractivity contribution in [1.29, 1.82) is 0 Å². The molecule has 1 aromatic heterocycles. The molecule has 128 valence electrons. The third kappa shape index (κ3) is 6.29. The van der Waals surface area contributed by atoms with Crippen molar-refractivity contribution in [1.82, 2.24) is 9.88 Å². The molecule has 0 bridgehead atoms. The summed E-state index contributed by atoms with van der Waals surface area (Å²) in [6, 6.07) is 3.82. The molecular weight excluding hydrogens is 312 g/mol. The predicted octanol–water partition coefficient (Wildman–Crippen LogP) is 2.98. The standard InChI is InChI=1S/C17H26N2O3S/c1-17(2,3)22-16(20)19-9-6-14(7-10-19)12-23(21)13-15-5-4-8-18-11-15/h4-5,8,11,14H,6-7,9-10,12-13H2,1-3H3/t23-/m1/s1. The van der Waals surface area contributed by atoms with Crippen molar-refractivity contribution in [3.63, 3.8) is 0 Å². The second kappa shape index (κ2) is 7.90. The first-order valence-corrected chi connectivity index (χ1v) is 9.54. The van der Waals surface area contributed by atoms with Gasteiger partial charge in [0.1, 0.15) is 5.60 Å². The van der Waals surface area contributed by atoms with E-state index in [0.29, 0.717) is 30.5 Å². The van der Waals surface area contributed by atoms with Gasteiger partial charge in [0.05, 0.1) is 5.75 Å². The number of rotatable bonds is 4. The van der Waals surface area contributed by atoms with Crippen LogP contribution in [0.1, 0.15) is 39.2 Å². The van der Waals surface area contributed by atoms with Crippen LogP contribution >= 0.6 is 0 Å². The van der Waals surface area contributed by atoms with Crippen LogP contribution < -0.4 is 0 Å². The van der Waals surface area contributed by atoms with Crippen molar-refractivity contribution in [2.24, 2.45) is 5.92 Å². The summed E-state index contributed by atoms with van der Waals surface area (Å²) in [5.41, 5.74) is 0.552. The minimum atomic E-state index is -0.881. The SMILES string of the molecule is CC(C)(C)OC(=O)N1CCC(C[S@@](=O)Cc2cccnc2)CC1. The molecule has 5 nitrogen and oxygen atoms in total. The Bertz CT molecular complexity index is 535. The predicted molar refractivity (Wildman–Crippen MR) is 91.5 cm³/mol. The van der Waals surface area contributed by atoms with Gasteiger partial charge >= 0.3 is 6.09 Å². The zero-order chi connectivity index (χ0) is 16.9. The van der Waals surface area contributed by atoms with Gasteiger partial charge in [-0.05, 0) is 51.2 Å². The lowest BCUT2D eigenvalue weighted by Gasteiger charge is -2.33. The van der Waals surface area contributed by atoms with Gasteiger partial charge in [0, 0.05) is 42.0 Å². The van der Waals surface area contributed by atoms with Gasteiger partial charge in [-0.15, -0.1) is 0 Å². The van der Waals surface area contributed by atoms with E-state index in [4.69, 9.17) is 4.74 Å². The molecule has 0 aliphatic carbocycles. The number of amides is 1. The monoisotopic (exact) mass is 338 g/mol. The van der Waals surface area contributed by atoms with E-state index in [2.05, 4.69) is 4.98 Å². The van der Waals surface area contributed by atoms with Gasteiger partial charge in [0.15, 0.2) is 0 Å². The third-order valence-electron chi connectivity index (χ3n) is 3.74. The zero-order valence-electron chi connectivity index (χ0n) is 14.2. The average molecular weight is 338 g/mol. The number of likely N-dealkylation sites (tertiary alicyclic amines) is 1. The van der Waals surface area contributed by atoms with Crippen molar-refractivity contribution >= 4 is 16.9 Å². The highest BCUT2D eigenvalue weighted by atomic mass is 32.2. The van der Waals surface area contributed by atoms with E-state index in [-0.39, 0.29) is 6.09 Å². The Morgan fingerprint density at radius 2 is 2.09 bits per heavy atom. The van der Waals surface area contributed by atoms with E-state index in [9.17, 15) is 9.00 Å². The van der Waals surface area contributed by atoms with E-state index < -0.39 is 16.4 Å². The van der Waals surface area contributed by atoms with Crippen LogP contribution in [0.3, 0.4) is 0 Å². The summed E-state index contributed by atoms with van der Waals surface area (Å²) in [6.45, 7) is 6.99. The lowest BCUT2D eigenvalue weighted by molar-refractivity contribution is 0.0191. The van der Waals surface area contributed by atoms with Gasteiger partial charge in [-0.3, -0.25) is 9.19 Å². The van der Waals surface area contributed by atoms with Crippen molar-refractivity contribution in [3.8, 4) is 0 Å². The second-order valence-corrected chi connectivity index (χ2v) is 8.52. The molecule has 0 unspecified atom stereocenters. The molecule has 1 amide bonds. The van der Waals surface area contributed by atoms with Crippen LogP contribution in [0.5, 0.6) is 0 Å². The normalized spacial score (nSPS) is 17.8. The summed E-state index contributed by atoms with van der Waals surface area (Å²) in [7, 11) is -0.881. The number of carbonyl (C=O) groups excluding carboxylic acids is 1. The summed E-state index contributed by atoms with van der Waals surface area (Å²) in [6.07, 6.45) is 5.02. The fourth-order valence-electron chi connectivity index (χ4n) is 2.60. The fraction of sp³-hybridized carbons (Fsp3) is 0.647. The van der Waals surface area contributed by atoms with E-state index in [1.54, 1.807) is 17.3 Å². The summed E-state index contributed by atoms with van der Waals surface area (Å²) in [4.78, 5) is 17.8. The summed E-state index contributed by atoms with van der Waals surface area (Å²) >= 11 is 0. The molecule has 0 saturated carbocycles. The molecule has 1 fully saturated rings. The number of hydrogen-bond acceptors (Lipinski definition) is 4. The van der Waals surface area contributed by atoms with Crippen molar-refractivity contribution < 1.29 is 13.7 Å². The van der Waals surface area contributed by atoms with Gasteiger partial charge in [0.2, 0.25) is 0 Å². The molecule has 1 atom stereocenters. The molecule has 0 radical (unpaired) electrons. The third-order valence-corrected chi connectivity index (χ3v) is 5.24. The number of hydrogen-bond donors (Lipinski definition) is 0. The molecular formula is C17H26N2O3S. The van der Waals surface area contributed by atoms with Gasteiger partial charge in [-0.2, -0.15) is 0 Å². The van der Waals surface area contributed by atoms with Gasteiger partial charge in [0.25, 0.3) is 0 Å². The second-order valence-electron chi connectivity index (χ2n) is 7.02. The Hall–Kier alpha value is -1.43. The molecule has 0 spiro atoms. The minimum absolute atomic E-state index is 0.243. The number of carbonyl (C=O) groups is 1. The Morgan fingerprint density at radius 3 is 2.65 bits per heavy atom. The maximum absolute atomic E-state index is 12.3. The van der Waals surface area contributed by atoms with Crippen LogP contribution in [0.4, 0.5) is 4.79 Å². The molecule has 0 N–H and O–H groups in total. The highest BCUT2D eigenvalue weighted by molar-refractivity contribution is 7.84. The zero-order valence-corrected chi connectivity index (χ0v) is 15.0. The lowest BCUT2D eigenvalue weighted by atomic mass is 9.99. The minimum Gasteiger partial charge on any atom is -0.444 e. The molecule has 2 rings (SSSR count). The molecule has 23 heavy (non-hydrogen) atoms. The van der Waals surface area contributed by atoms with Crippen LogP contribution in [-0.4, -0.2) is 44.6 Å². The van der Waals surface area contributed by atoms with Crippen molar-refractivity contribution in [2.45, 2.75) is 45.0 Å². The summed E-state index contributed by atoms with van der Waals surface area (Å²) < 4.78 is 17.7. The quantitative estimate of drug-likeness (QED) is 0.847. The number of nitrogens with zero attached hydrogens (tertiary/aromatic N) is 2. The Labute approximate surface area is 140 Å². The van der Waals surface area contributed by atoms with E-state index in [0.717, 1.165) is 18.4 Å². The van der Waals surface area contributed by atoms with Crippen LogP contribution in [0.25, 0.3) is 0 Å². The molecule has 1 aromatic rings. The average Bonchev–Trinajstić information content (AvgIpc) is 2.47. The Morgan fingerprint density at radius 1 is 1.39 bits per heavy atom. The van der Waals surface area contributed by atoms with Crippen molar-refractivity contribution in [2.75, 3.05) is 18.8 Å². The molecule has 6 heteroatoms. The lowest BCUT2D eigenvalue weighted by Crippen LogP contribution is -2.42. The number of pyridine rings is 1. The van der Waals surface area contributed by atoms with Crippen LogP contribution in [0, 0.1) is 5.92 Å². The number of aromatic nitrogens is 1. The summed E-state index contributed by atoms with van der Waals surface area (Å²) in [5.74, 6) is 1.66. The van der Waals surface area contributed by atoms with Crippen LogP contribution in [-0.2, 0) is 21.3 Å². The van der Waals surface area contributed by atoms with Crippen LogP contribution in [0.15, 0.2) is 24.5 Å². The van der Waals surface area contributed by atoms with E-state index in [1.807, 2.05) is 32.9 Å². The largest absolute Gasteiger partial charge is 0.444 e. The topological polar surface area (TPSA) is 59.5 Å². The smallest absolute Gasteiger partial charge is 0.410 e. The summed E-state index contributed by atoms with van der Waals surface area (Å²) in [5, 5.41) is 0. The van der Waals surface area contributed by atoms with Gasteiger partial charge < -0.3 is 9.64 Å².